The van der Waals surface area contributed by atoms with Crippen LogP contribution in [0.2, 0.25) is 0 Å². The van der Waals surface area contributed by atoms with Crippen molar-refractivity contribution in [1.29, 1.82) is 0 Å². The minimum atomic E-state index is -0.264. The molecule has 0 aromatic carbocycles. The van der Waals surface area contributed by atoms with E-state index in [1.165, 1.54) is 0 Å². The van der Waals surface area contributed by atoms with Crippen molar-refractivity contribution < 1.29 is 4.79 Å². The Morgan fingerprint density at radius 3 is 2.50 bits per heavy atom. The Labute approximate surface area is 73.7 Å². The minimum absolute atomic E-state index is 0.0268. The van der Waals surface area contributed by atoms with E-state index in [2.05, 4.69) is 5.32 Å². The van der Waals surface area contributed by atoms with E-state index in [0.29, 0.717) is 25.9 Å². The Morgan fingerprint density at radius 1 is 1.50 bits per heavy atom. The maximum atomic E-state index is 11.0. The van der Waals surface area contributed by atoms with Crippen molar-refractivity contribution in [2.45, 2.75) is 32.2 Å². The molecule has 12 heavy (non-hydrogen) atoms. The van der Waals surface area contributed by atoms with Gasteiger partial charge in [0.1, 0.15) is 0 Å². The molecular weight excluding hydrogens is 154 g/mol. The standard InChI is InChI=1S/C8H19N3O/c1-8(2,10)4-3-7(12)11-6-5-9/h3-6,9-10H2,1-2H3,(H,11,12). The van der Waals surface area contributed by atoms with Gasteiger partial charge in [-0.05, 0) is 20.3 Å². The number of hydrogen-bond donors (Lipinski definition) is 3. The molecule has 72 valence electrons. The van der Waals surface area contributed by atoms with Crippen LogP contribution in [0.1, 0.15) is 26.7 Å². The Hall–Kier alpha value is -0.610. The predicted octanol–water partition coefficient (Wildman–Crippen LogP) is -0.421. The number of nitrogens with two attached hydrogens (primary N) is 2. The topological polar surface area (TPSA) is 81.1 Å². The molecule has 0 bridgehead atoms. The maximum Gasteiger partial charge on any atom is 0.220 e. The molecule has 0 spiro atoms. The van der Waals surface area contributed by atoms with E-state index in [1.54, 1.807) is 0 Å². The van der Waals surface area contributed by atoms with Crippen molar-refractivity contribution in [3.05, 3.63) is 0 Å². The van der Waals surface area contributed by atoms with Crippen molar-refractivity contribution in [1.82, 2.24) is 5.32 Å². The highest BCUT2D eigenvalue weighted by atomic mass is 16.1. The first-order chi connectivity index (χ1) is 5.45. The van der Waals surface area contributed by atoms with Gasteiger partial charge >= 0.3 is 0 Å². The van der Waals surface area contributed by atoms with Gasteiger partial charge in [-0.25, -0.2) is 0 Å². The third-order valence-corrected chi connectivity index (χ3v) is 1.46. The van der Waals surface area contributed by atoms with Crippen molar-refractivity contribution in [3.63, 3.8) is 0 Å². The van der Waals surface area contributed by atoms with Gasteiger partial charge in [0.2, 0.25) is 5.91 Å². The Bertz CT molecular complexity index is 140. The molecule has 0 saturated carbocycles. The van der Waals surface area contributed by atoms with Crippen LogP contribution in [0.5, 0.6) is 0 Å². The predicted molar refractivity (Wildman–Crippen MR) is 49.6 cm³/mol. The zero-order chi connectivity index (χ0) is 9.61. The van der Waals surface area contributed by atoms with Crippen molar-refractivity contribution in [2.24, 2.45) is 11.5 Å². The zero-order valence-corrected chi connectivity index (χ0v) is 7.89. The van der Waals surface area contributed by atoms with Gasteiger partial charge in [-0.15, -0.1) is 0 Å². The van der Waals surface area contributed by atoms with Gasteiger partial charge in [0, 0.05) is 25.0 Å². The second-order valence-electron chi connectivity index (χ2n) is 3.63. The summed E-state index contributed by atoms with van der Waals surface area (Å²) in [6, 6.07) is 0. The first kappa shape index (κ1) is 11.4. The molecule has 0 unspecified atom stereocenters. The summed E-state index contributed by atoms with van der Waals surface area (Å²) in [4.78, 5) is 11.0. The molecule has 0 radical (unpaired) electrons. The van der Waals surface area contributed by atoms with Crippen molar-refractivity contribution in [2.75, 3.05) is 13.1 Å². The molecule has 0 aromatic rings. The fourth-order valence-corrected chi connectivity index (χ4v) is 0.736. The van der Waals surface area contributed by atoms with Crippen LogP contribution in [-0.4, -0.2) is 24.5 Å². The molecule has 0 aromatic heterocycles. The lowest BCUT2D eigenvalue weighted by Gasteiger charge is -2.17. The Kier molecular flexibility index (Phi) is 4.85. The van der Waals surface area contributed by atoms with Crippen LogP contribution < -0.4 is 16.8 Å². The van der Waals surface area contributed by atoms with E-state index >= 15 is 0 Å². The van der Waals surface area contributed by atoms with Gasteiger partial charge in [-0.2, -0.15) is 0 Å². The highest BCUT2D eigenvalue weighted by molar-refractivity contribution is 5.75. The second-order valence-corrected chi connectivity index (χ2v) is 3.63. The summed E-state index contributed by atoms with van der Waals surface area (Å²) >= 11 is 0. The first-order valence-corrected chi connectivity index (χ1v) is 4.21. The van der Waals surface area contributed by atoms with Gasteiger partial charge in [0.15, 0.2) is 0 Å². The van der Waals surface area contributed by atoms with Gasteiger partial charge < -0.3 is 16.8 Å². The fourth-order valence-electron chi connectivity index (χ4n) is 0.736. The van der Waals surface area contributed by atoms with E-state index < -0.39 is 0 Å². The van der Waals surface area contributed by atoms with Crippen LogP contribution in [0.15, 0.2) is 0 Å². The van der Waals surface area contributed by atoms with Gasteiger partial charge in [-0.3, -0.25) is 4.79 Å². The summed E-state index contributed by atoms with van der Waals surface area (Å²) in [6.07, 6.45) is 1.17. The lowest BCUT2D eigenvalue weighted by molar-refractivity contribution is -0.121. The van der Waals surface area contributed by atoms with E-state index in [4.69, 9.17) is 11.5 Å². The molecule has 0 aliphatic heterocycles. The molecule has 4 heteroatoms. The number of rotatable bonds is 5. The second kappa shape index (κ2) is 5.11. The SMILES string of the molecule is CC(C)(N)CCC(=O)NCCN. The number of amides is 1. The molecule has 0 fully saturated rings. The highest BCUT2D eigenvalue weighted by Crippen LogP contribution is 2.05. The summed E-state index contributed by atoms with van der Waals surface area (Å²) in [5, 5.41) is 2.69. The summed E-state index contributed by atoms with van der Waals surface area (Å²) < 4.78 is 0. The van der Waals surface area contributed by atoms with Crippen molar-refractivity contribution in [3.8, 4) is 0 Å². The third-order valence-electron chi connectivity index (χ3n) is 1.46. The number of carbonyl (C=O) groups excluding carboxylic acids is 1. The molecule has 0 aliphatic rings. The van der Waals surface area contributed by atoms with Crippen molar-refractivity contribution >= 4 is 5.91 Å². The Morgan fingerprint density at radius 2 is 2.08 bits per heavy atom. The van der Waals surface area contributed by atoms with Gasteiger partial charge in [-0.1, -0.05) is 0 Å². The van der Waals surface area contributed by atoms with E-state index in [1.807, 2.05) is 13.8 Å². The number of carbonyl (C=O) groups is 1. The smallest absolute Gasteiger partial charge is 0.220 e. The number of hydrogen-bond acceptors (Lipinski definition) is 3. The quantitative estimate of drug-likeness (QED) is 0.528. The lowest BCUT2D eigenvalue weighted by Crippen LogP contribution is -2.35. The first-order valence-electron chi connectivity index (χ1n) is 4.21. The third kappa shape index (κ3) is 7.50. The highest BCUT2D eigenvalue weighted by Gasteiger charge is 2.12. The summed E-state index contributed by atoms with van der Waals surface area (Å²) in [6.45, 7) is 4.84. The molecule has 0 saturated heterocycles. The van der Waals surface area contributed by atoms with E-state index in [9.17, 15) is 4.79 Å². The molecule has 4 nitrogen and oxygen atoms in total. The molecule has 0 rings (SSSR count). The fraction of sp³-hybridized carbons (Fsp3) is 0.875. The zero-order valence-electron chi connectivity index (χ0n) is 7.89. The molecule has 0 aliphatic carbocycles. The monoisotopic (exact) mass is 173 g/mol. The van der Waals surface area contributed by atoms with Crippen LogP contribution in [0, 0.1) is 0 Å². The van der Waals surface area contributed by atoms with Crippen LogP contribution in [0.3, 0.4) is 0 Å². The lowest BCUT2D eigenvalue weighted by atomic mass is 10.00. The number of nitrogens with one attached hydrogen (secondary N) is 1. The summed E-state index contributed by atoms with van der Waals surface area (Å²) in [5.74, 6) is 0.0268. The molecule has 0 atom stereocenters. The van der Waals surface area contributed by atoms with Crippen LogP contribution >= 0.6 is 0 Å². The maximum absolute atomic E-state index is 11.0. The van der Waals surface area contributed by atoms with E-state index in [-0.39, 0.29) is 11.4 Å². The minimum Gasteiger partial charge on any atom is -0.355 e. The van der Waals surface area contributed by atoms with Gasteiger partial charge in [0.05, 0.1) is 0 Å². The largest absolute Gasteiger partial charge is 0.355 e. The van der Waals surface area contributed by atoms with Crippen LogP contribution in [-0.2, 0) is 4.79 Å². The van der Waals surface area contributed by atoms with Crippen LogP contribution in [0.4, 0.5) is 0 Å². The molecular formula is C8H19N3O. The van der Waals surface area contributed by atoms with Gasteiger partial charge in [0.25, 0.3) is 0 Å². The average molecular weight is 173 g/mol. The normalized spacial score (nSPS) is 11.3. The summed E-state index contributed by atoms with van der Waals surface area (Å²) in [5.41, 5.74) is 10.7. The van der Waals surface area contributed by atoms with E-state index in [0.717, 1.165) is 0 Å². The molecule has 5 N–H and O–H groups in total. The molecule has 0 heterocycles. The summed E-state index contributed by atoms with van der Waals surface area (Å²) in [7, 11) is 0. The Balaban J connectivity index is 3.44. The van der Waals surface area contributed by atoms with Crippen LogP contribution in [0.25, 0.3) is 0 Å². The average Bonchev–Trinajstić information content (AvgIpc) is 1.95. The molecule has 1 amide bonds.